The van der Waals surface area contributed by atoms with E-state index in [2.05, 4.69) is 10.5 Å². The van der Waals surface area contributed by atoms with Gasteiger partial charge in [0.05, 0.1) is 23.9 Å². The molecule has 0 spiro atoms. The number of halogens is 1. The van der Waals surface area contributed by atoms with Gasteiger partial charge in [-0.3, -0.25) is 4.79 Å². The van der Waals surface area contributed by atoms with Gasteiger partial charge < -0.3 is 15.6 Å². The van der Waals surface area contributed by atoms with Gasteiger partial charge in [0.15, 0.2) is 0 Å². The van der Waals surface area contributed by atoms with Gasteiger partial charge in [0, 0.05) is 0 Å². The molecule has 1 aliphatic heterocycles. The Kier molecular flexibility index (Phi) is 1.91. The second-order valence-corrected chi connectivity index (χ2v) is 3.82. The summed E-state index contributed by atoms with van der Waals surface area (Å²) >= 11 is 0. The zero-order valence-corrected chi connectivity index (χ0v) is 8.66. The third-order valence-corrected chi connectivity index (χ3v) is 2.70. The third kappa shape index (κ3) is 1.45. The van der Waals surface area contributed by atoms with Crippen LogP contribution in [0.1, 0.15) is 5.56 Å². The molecule has 3 rings (SSSR count). The minimum atomic E-state index is -0.482. The van der Waals surface area contributed by atoms with E-state index in [0.29, 0.717) is 16.7 Å². The van der Waals surface area contributed by atoms with Crippen molar-refractivity contribution in [1.82, 2.24) is 5.16 Å². The Labute approximate surface area is 95.4 Å². The molecule has 0 unspecified atom stereocenters. The molecule has 86 valence electrons. The fourth-order valence-electron chi connectivity index (χ4n) is 1.92. The van der Waals surface area contributed by atoms with Gasteiger partial charge in [-0.05, 0) is 23.3 Å². The molecular weight excluding hydrogens is 225 g/mol. The molecule has 1 amide bonds. The van der Waals surface area contributed by atoms with E-state index in [-0.39, 0.29) is 23.9 Å². The highest BCUT2D eigenvalue weighted by Crippen LogP contribution is 2.33. The number of carbonyl (C=O) groups excluding carboxylic acids is 1. The van der Waals surface area contributed by atoms with Crippen molar-refractivity contribution in [3.63, 3.8) is 0 Å². The van der Waals surface area contributed by atoms with E-state index in [1.54, 1.807) is 6.07 Å². The van der Waals surface area contributed by atoms with Crippen LogP contribution in [0, 0.1) is 5.82 Å². The van der Waals surface area contributed by atoms with Crippen LogP contribution in [0.4, 0.5) is 16.0 Å². The van der Waals surface area contributed by atoms with Gasteiger partial charge in [0.1, 0.15) is 5.82 Å². The molecule has 0 bridgehead atoms. The topological polar surface area (TPSA) is 81.2 Å². The molecule has 2 heterocycles. The van der Waals surface area contributed by atoms with Crippen LogP contribution in [0.25, 0.3) is 11.1 Å². The van der Waals surface area contributed by atoms with Crippen molar-refractivity contribution in [3.05, 3.63) is 29.7 Å². The maximum Gasteiger partial charge on any atom is 0.229 e. The van der Waals surface area contributed by atoms with Crippen molar-refractivity contribution in [2.75, 3.05) is 11.1 Å². The zero-order valence-electron chi connectivity index (χ0n) is 8.66. The molecule has 1 aromatic heterocycles. The van der Waals surface area contributed by atoms with E-state index < -0.39 is 5.82 Å². The largest absolute Gasteiger partial charge is 0.367 e. The van der Waals surface area contributed by atoms with E-state index in [0.717, 1.165) is 0 Å². The zero-order chi connectivity index (χ0) is 12.0. The number of carbonyl (C=O) groups is 1. The van der Waals surface area contributed by atoms with Gasteiger partial charge in [-0.1, -0.05) is 5.16 Å². The van der Waals surface area contributed by atoms with Crippen molar-refractivity contribution >= 4 is 17.5 Å². The lowest BCUT2D eigenvalue weighted by atomic mass is 10.0. The van der Waals surface area contributed by atoms with Crippen molar-refractivity contribution in [2.45, 2.75) is 6.42 Å². The lowest BCUT2D eigenvalue weighted by Crippen LogP contribution is -2.04. The van der Waals surface area contributed by atoms with Gasteiger partial charge in [0.2, 0.25) is 11.8 Å². The lowest BCUT2D eigenvalue weighted by molar-refractivity contribution is -0.115. The summed E-state index contributed by atoms with van der Waals surface area (Å²) in [6.45, 7) is 0. The molecule has 0 fully saturated rings. The smallest absolute Gasteiger partial charge is 0.229 e. The van der Waals surface area contributed by atoms with Crippen LogP contribution in [-0.2, 0) is 11.2 Å². The first-order valence-electron chi connectivity index (χ1n) is 4.98. The van der Waals surface area contributed by atoms with Crippen molar-refractivity contribution in [1.29, 1.82) is 0 Å². The van der Waals surface area contributed by atoms with Crippen LogP contribution in [0.2, 0.25) is 0 Å². The van der Waals surface area contributed by atoms with E-state index in [4.69, 9.17) is 10.3 Å². The highest BCUT2D eigenvalue weighted by Gasteiger charge is 2.23. The summed E-state index contributed by atoms with van der Waals surface area (Å²) in [5, 5.41) is 6.00. The Hall–Kier alpha value is -2.37. The molecule has 6 heteroatoms. The first-order valence-corrected chi connectivity index (χ1v) is 4.98. The van der Waals surface area contributed by atoms with Crippen LogP contribution in [-0.4, -0.2) is 11.1 Å². The number of nitrogens with zero attached hydrogens (tertiary/aromatic N) is 1. The molecule has 2 aromatic rings. The first-order chi connectivity index (χ1) is 8.15. The number of nitrogens with one attached hydrogen (secondary N) is 1. The lowest BCUT2D eigenvalue weighted by Gasteiger charge is -2.04. The molecule has 5 nitrogen and oxygen atoms in total. The number of hydrogen-bond donors (Lipinski definition) is 2. The molecule has 17 heavy (non-hydrogen) atoms. The predicted molar refractivity (Wildman–Crippen MR) is 58.6 cm³/mol. The minimum absolute atomic E-state index is 0.127. The fourth-order valence-corrected chi connectivity index (χ4v) is 1.92. The summed E-state index contributed by atoms with van der Waals surface area (Å²) in [4.78, 5) is 11.2. The maximum absolute atomic E-state index is 13.7. The second kappa shape index (κ2) is 3.31. The third-order valence-electron chi connectivity index (χ3n) is 2.70. The molecule has 1 aliphatic rings. The van der Waals surface area contributed by atoms with Crippen LogP contribution < -0.4 is 11.1 Å². The SMILES string of the molecule is Nc1oncc1-c1cc(F)c2c(c1)CC(=O)N2. The monoisotopic (exact) mass is 233 g/mol. The Morgan fingerprint density at radius 3 is 3.00 bits per heavy atom. The van der Waals surface area contributed by atoms with Crippen molar-refractivity contribution in [3.8, 4) is 11.1 Å². The van der Waals surface area contributed by atoms with Crippen molar-refractivity contribution < 1.29 is 13.7 Å². The summed E-state index contributed by atoms with van der Waals surface area (Å²) < 4.78 is 18.5. The standard InChI is InChI=1S/C11H8FN3O2/c12-8-2-5(7-4-14-17-11(7)13)1-6-3-9(16)15-10(6)8/h1-2,4H,3,13H2,(H,15,16). The van der Waals surface area contributed by atoms with Crippen LogP contribution in [0.3, 0.4) is 0 Å². The second-order valence-electron chi connectivity index (χ2n) is 3.82. The number of amides is 1. The molecule has 0 radical (unpaired) electrons. The molecule has 1 aromatic carbocycles. The van der Waals surface area contributed by atoms with Crippen LogP contribution in [0.15, 0.2) is 22.9 Å². The highest BCUT2D eigenvalue weighted by molar-refractivity contribution is 6.00. The number of fused-ring (bicyclic) bond motifs is 1. The van der Waals surface area contributed by atoms with E-state index in [1.807, 2.05) is 0 Å². The number of nitrogen functional groups attached to an aromatic ring is 1. The van der Waals surface area contributed by atoms with Gasteiger partial charge in [-0.25, -0.2) is 4.39 Å². The average Bonchev–Trinajstić information content (AvgIpc) is 2.83. The fraction of sp³-hybridized carbons (Fsp3) is 0.0909. The highest BCUT2D eigenvalue weighted by atomic mass is 19.1. The number of hydrogen-bond acceptors (Lipinski definition) is 4. The quantitative estimate of drug-likeness (QED) is 0.783. The number of benzene rings is 1. The molecule has 0 saturated heterocycles. The average molecular weight is 233 g/mol. The predicted octanol–water partition coefficient (Wildman–Crippen LogP) is 1.56. The normalized spacial score (nSPS) is 13.6. The Morgan fingerprint density at radius 2 is 2.29 bits per heavy atom. The van der Waals surface area contributed by atoms with Gasteiger partial charge in [-0.15, -0.1) is 0 Å². The number of nitrogens with two attached hydrogens (primary N) is 1. The molecule has 0 saturated carbocycles. The summed E-state index contributed by atoms with van der Waals surface area (Å²) in [6.07, 6.45) is 1.59. The van der Waals surface area contributed by atoms with E-state index >= 15 is 0 Å². The molecule has 3 N–H and O–H groups in total. The Morgan fingerprint density at radius 1 is 1.47 bits per heavy atom. The number of anilines is 2. The summed E-state index contributed by atoms with van der Waals surface area (Å²) in [5.74, 6) is -0.570. The summed E-state index contributed by atoms with van der Waals surface area (Å²) in [7, 11) is 0. The molecule has 0 aliphatic carbocycles. The minimum Gasteiger partial charge on any atom is -0.367 e. The Bertz CT molecular complexity index is 621. The summed E-state index contributed by atoms with van der Waals surface area (Å²) in [5.41, 5.74) is 7.49. The van der Waals surface area contributed by atoms with Crippen molar-refractivity contribution in [2.24, 2.45) is 0 Å². The van der Waals surface area contributed by atoms with Crippen LogP contribution >= 0.6 is 0 Å². The van der Waals surface area contributed by atoms with Crippen LogP contribution in [0.5, 0.6) is 0 Å². The van der Waals surface area contributed by atoms with Gasteiger partial charge >= 0.3 is 0 Å². The summed E-state index contributed by atoms with van der Waals surface area (Å²) in [6, 6.07) is 3.01. The Balaban J connectivity index is 2.16. The van der Waals surface area contributed by atoms with E-state index in [1.165, 1.54) is 12.3 Å². The van der Waals surface area contributed by atoms with E-state index in [9.17, 15) is 9.18 Å². The first kappa shape index (κ1) is 9.83. The molecular formula is C11H8FN3O2. The molecule has 0 atom stereocenters. The number of aromatic nitrogens is 1. The van der Waals surface area contributed by atoms with Gasteiger partial charge in [-0.2, -0.15) is 0 Å². The van der Waals surface area contributed by atoms with Gasteiger partial charge in [0.25, 0.3) is 0 Å². The maximum atomic E-state index is 13.7. The number of rotatable bonds is 1.